The van der Waals surface area contributed by atoms with E-state index in [1.165, 1.54) is 4.90 Å². The fourth-order valence-corrected chi connectivity index (χ4v) is 4.19. The highest BCUT2D eigenvalue weighted by Gasteiger charge is 2.37. The van der Waals surface area contributed by atoms with E-state index in [2.05, 4.69) is 10.1 Å². The lowest BCUT2D eigenvalue weighted by molar-refractivity contribution is -0.132. The summed E-state index contributed by atoms with van der Waals surface area (Å²) < 4.78 is 5.43. The van der Waals surface area contributed by atoms with Crippen LogP contribution in [0.4, 0.5) is 0 Å². The van der Waals surface area contributed by atoms with Crippen molar-refractivity contribution < 1.29 is 18.9 Å². The van der Waals surface area contributed by atoms with Crippen molar-refractivity contribution in [2.45, 2.75) is 50.5 Å². The Hall–Kier alpha value is -3.03. The van der Waals surface area contributed by atoms with Crippen LogP contribution in [-0.2, 0) is 4.79 Å². The third kappa shape index (κ3) is 3.22. The highest BCUT2D eigenvalue weighted by atomic mass is 16.5. The molecule has 29 heavy (non-hydrogen) atoms. The van der Waals surface area contributed by atoms with E-state index >= 15 is 0 Å². The molecule has 3 amide bonds. The first kappa shape index (κ1) is 18.0. The first-order valence-corrected chi connectivity index (χ1v) is 10.2. The molecule has 1 unspecified atom stereocenters. The maximum Gasteiger partial charge on any atom is 0.261 e. The van der Waals surface area contributed by atoms with Crippen molar-refractivity contribution in [3.63, 3.8) is 0 Å². The second kappa shape index (κ2) is 7.09. The van der Waals surface area contributed by atoms with Crippen LogP contribution in [0, 0.1) is 0 Å². The molecule has 1 aliphatic carbocycles. The molecule has 3 heterocycles. The van der Waals surface area contributed by atoms with Gasteiger partial charge in [0, 0.05) is 25.4 Å². The zero-order chi connectivity index (χ0) is 20.0. The summed E-state index contributed by atoms with van der Waals surface area (Å²) in [6.45, 7) is 0.903. The Morgan fingerprint density at radius 2 is 1.83 bits per heavy atom. The Balaban J connectivity index is 1.18. The highest BCUT2D eigenvalue weighted by Crippen LogP contribution is 2.40. The number of aromatic nitrogens is 2. The van der Waals surface area contributed by atoms with Crippen LogP contribution in [0.2, 0.25) is 0 Å². The number of rotatable bonds is 6. The second-order valence-electron chi connectivity index (χ2n) is 7.92. The van der Waals surface area contributed by atoms with Crippen molar-refractivity contribution in [2.75, 3.05) is 13.1 Å². The van der Waals surface area contributed by atoms with E-state index in [0.29, 0.717) is 35.9 Å². The Bertz CT molecular complexity index is 946. The fourth-order valence-electron chi connectivity index (χ4n) is 4.19. The van der Waals surface area contributed by atoms with Crippen molar-refractivity contribution in [1.82, 2.24) is 19.9 Å². The normalized spacial score (nSPS) is 21.2. The molecule has 2 aliphatic heterocycles. The lowest BCUT2D eigenvalue weighted by atomic mass is 10.1. The number of nitrogens with zero attached hydrogens (tertiary/aromatic N) is 4. The van der Waals surface area contributed by atoms with Gasteiger partial charge in [0.2, 0.25) is 11.8 Å². The molecule has 0 N–H and O–H groups in total. The van der Waals surface area contributed by atoms with Gasteiger partial charge in [-0.15, -0.1) is 0 Å². The van der Waals surface area contributed by atoms with Crippen LogP contribution in [0.3, 0.4) is 0 Å². The Kier molecular flexibility index (Phi) is 4.41. The first-order valence-electron chi connectivity index (χ1n) is 10.2. The molecule has 8 heteroatoms. The molecule has 5 rings (SSSR count). The predicted molar refractivity (Wildman–Crippen MR) is 101 cm³/mol. The van der Waals surface area contributed by atoms with E-state index in [-0.39, 0.29) is 36.7 Å². The number of fused-ring (bicyclic) bond motifs is 1. The van der Waals surface area contributed by atoms with Gasteiger partial charge < -0.3 is 9.42 Å². The quantitative estimate of drug-likeness (QED) is 0.699. The smallest absolute Gasteiger partial charge is 0.261 e. The minimum absolute atomic E-state index is 0.00437. The van der Waals surface area contributed by atoms with E-state index in [0.717, 1.165) is 31.5 Å². The largest absolute Gasteiger partial charge is 0.337 e. The third-order valence-electron chi connectivity index (χ3n) is 5.91. The molecular formula is C21H22N4O4. The van der Waals surface area contributed by atoms with Crippen LogP contribution in [0.25, 0.3) is 0 Å². The van der Waals surface area contributed by atoms with E-state index in [1.54, 1.807) is 29.2 Å². The van der Waals surface area contributed by atoms with Gasteiger partial charge in [-0.1, -0.05) is 17.3 Å². The van der Waals surface area contributed by atoms with Gasteiger partial charge in [0.25, 0.3) is 11.8 Å². The Morgan fingerprint density at radius 3 is 2.52 bits per heavy atom. The number of hydrogen-bond acceptors (Lipinski definition) is 6. The van der Waals surface area contributed by atoms with Crippen molar-refractivity contribution in [3.05, 3.63) is 47.1 Å². The summed E-state index contributed by atoms with van der Waals surface area (Å²) in [6, 6.07) is 6.65. The standard InChI is InChI=1S/C21H22N4O4/c26-17(8-4-12-25-20(27)14-5-1-2-6-15(14)21(25)28)24-11-3-7-16(24)19-22-18(23-29-19)13-9-10-13/h1-2,5-6,13,16H,3-4,7-12H2. The topological polar surface area (TPSA) is 96.6 Å². The number of carbonyl (C=O) groups excluding carboxylic acids is 3. The molecule has 150 valence electrons. The predicted octanol–water partition coefficient (Wildman–Crippen LogP) is 2.69. The molecule has 1 atom stereocenters. The van der Waals surface area contributed by atoms with Crippen LogP contribution in [-0.4, -0.2) is 50.8 Å². The van der Waals surface area contributed by atoms with E-state index in [4.69, 9.17) is 4.52 Å². The molecule has 1 saturated carbocycles. The van der Waals surface area contributed by atoms with Gasteiger partial charge in [0.15, 0.2) is 5.82 Å². The number of amides is 3. The summed E-state index contributed by atoms with van der Waals surface area (Å²) in [4.78, 5) is 45.2. The van der Waals surface area contributed by atoms with E-state index in [9.17, 15) is 14.4 Å². The van der Waals surface area contributed by atoms with E-state index < -0.39 is 0 Å². The lowest BCUT2D eigenvalue weighted by Crippen LogP contribution is -2.33. The van der Waals surface area contributed by atoms with Gasteiger partial charge in [0.1, 0.15) is 6.04 Å². The molecule has 1 aromatic carbocycles. The molecule has 0 spiro atoms. The zero-order valence-electron chi connectivity index (χ0n) is 16.0. The van der Waals surface area contributed by atoms with Crippen LogP contribution >= 0.6 is 0 Å². The molecule has 0 bridgehead atoms. The lowest BCUT2D eigenvalue weighted by Gasteiger charge is -2.22. The molecule has 8 nitrogen and oxygen atoms in total. The van der Waals surface area contributed by atoms with Gasteiger partial charge >= 0.3 is 0 Å². The van der Waals surface area contributed by atoms with Crippen LogP contribution < -0.4 is 0 Å². The molecule has 2 fully saturated rings. The maximum atomic E-state index is 12.8. The molecule has 1 aromatic heterocycles. The van der Waals surface area contributed by atoms with Crippen molar-refractivity contribution in [2.24, 2.45) is 0 Å². The van der Waals surface area contributed by atoms with Crippen molar-refractivity contribution >= 4 is 17.7 Å². The van der Waals surface area contributed by atoms with Crippen LogP contribution in [0.1, 0.15) is 82.9 Å². The monoisotopic (exact) mass is 394 g/mol. The fraction of sp³-hybridized carbons (Fsp3) is 0.476. The molecular weight excluding hydrogens is 372 g/mol. The molecule has 1 saturated heterocycles. The SMILES string of the molecule is O=C1c2ccccc2C(=O)N1CCCC(=O)N1CCCC1c1nc(C2CC2)no1. The van der Waals surface area contributed by atoms with Gasteiger partial charge in [-0.25, -0.2) is 0 Å². The molecule has 3 aliphatic rings. The maximum absolute atomic E-state index is 12.8. The molecule has 2 aromatic rings. The average Bonchev–Trinajstić information content (AvgIpc) is 3.18. The Morgan fingerprint density at radius 1 is 1.10 bits per heavy atom. The molecule has 0 radical (unpaired) electrons. The van der Waals surface area contributed by atoms with Crippen LogP contribution in [0.5, 0.6) is 0 Å². The minimum Gasteiger partial charge on any atom is -0.337 e. The van der Waals surface area contributed by atoms with Crippen LogP contribution in [0.15, 0.2) is 28.8 Å². The summed E-state index contributed by atoms with van der Waals surface area (Å²) in [5.41, 5.74) is 0.873. The summed E-state index contributed by atoms with van der Waals surface area (Å²) >= 11 is 0. The number of imide groups is 1. The summed E-state index contributed by atoms with van der Waals surface area (Å²) in [5, 5.41) is 4.06. The average molecular weight is 394 g/mol. The summed E-state index contributed by atoms with van der Waals surface area (Å²) in [6.07, 6.45) is 4.62. The van der Waals surface area contributed by atoms with Gasteiger partial charge in [0.05, 0.1) is 11.1 Å². The number of likely N-dealkylation sites (tertiary alicyclic amines) is 1. The highest BCUT2D eigenvalue weighted by molar-refractivity contribution is 6.21. The second-order valence-corrected chi connectivity index (χ2v) is 7.92. The number of hydrogen-bond donors (Lipinski definition) is 0. The minimum atomic E-state index is -0.282. The summed E-state index contributed by atoms with van der Waals surface area (Å²) in [7, 11) is 0. The Labute approximate surface area is 167 Å². The number of carbonyl (C=O) groups is 3. The third-order valence-corrected chi connectivity index (χ3v) is 5.91. The zero-order valence-corrected chi connectivity index (χ0v) is 16.0. The summed E-state index contributed by atoms with van der Waals surface area (Å²) in [5.74, 6) is 1.13. The van der Waals surface area contributed by atoms with Gasteiger partial charge in [-0.05, 0) is 44.2 Å². The number of benzene rings is 1. The van der Waals surface area contributed by atoms with Gasteiger partial charge in [-0.2, -0.15) is 4.98 Å². The van der Waals surface area contributed by atoms with Gasteiger partial charge in [-0.3, -0.25) is 19.3 Å². The first-order chi connectivity index (χ1) is 14.1. The van der Waals surface area contributed by atoms with Crippen molar-refractivity contribution in [1.29, 1.82) is 0 Å². The van der Waals surface area contributed by atoms with Crippen molar-refractivity contribution in [3.8, 4) is 0 Å². The van der Waals surface area contributed by atoms with E-state index in [1.807, 2.05) is 0 Å².